The van der Waals surface area contributed by atoms with Gasteiger partial charge < -0.3 is 14.8 Å². The highest BCUT2D eigenvalue weighted by atomic mass is 19.4. The molecule has 0 saturated carbocycles. The van der Waals surface area contributed by atoms with Crippen molar-refractivity contribution in [1.29, 1.82) is 0 Å². The Kier molecular flexibility index (Phi) is 5.62. The van der Waals surface area contributed by atoms with Crippen LogP contribution in [0.4, 0.5) is 17.6 Å². The van der Waals surface area contributed by atoms with Crippen LogP contribution in [0.2, 0.25) is 0 Å². The van der Waals surface area contributed by atoms with Crippen molar-refractivity contribution in [2.24, 2.45) is 0 Å². The van der Waals surface area contributed by atoms with Gasteiger partial charge in [0, 0.05) is 17.7 Å². The molecule has 0 heterocycles. The van der Waals surface area contributed by atoms with Crippen LogP contribution in [0, 0.1) is 5.82 Å². The Labute approximate surface area is 114 Å². The van der Waals surface area contributed by atoms with Crippen LogP contribution < -0.4 is 14.8 Å². The van der Waals surface area contributed by atoms with Crippen LogP contribution in [0.1, 0.15) is 24.9 Å². The molecule has 0 aliphatic rings. The summed E-state index contributed by atoms with van der Waals surface area (Å²) in [5.74, 6) is -0.442. The maximum absolute atomic E-state index is 14.0. The average molecular weight is 295 g/mol. The molecule has 0 aliphatic heterocycles. The van der Waals surface area contributed by atoms with Gasteiger partial charge in [-0.25, -0.2) is 4.39 Å². The third-order valence-corrected chi connectivity index (χ3v) is 2.76. The Bertz CT molecular complexity index is 449. The molecular weight excluding hydrogens is 278 g/mol. The third kappa shape index (κ3) is 4.26. The molecule has 0 aliphatic carbocycles. The lowest BCUT2D eigenvalue weighted by Crippen LogP contribution is -2.27. The van der Waals surface area contributed by atoms with Crippen molar-refractivity contribution in [3.63, 3.8) is 0 Å². The number of alkyl halides is 3. The molecule has 0 spiro atoms. The summed E-state index contributed by atoms with van der Waals surface area (Å²) >= 11 is 0. The molecule has 3 nitrogen and oxygen atoms in total. The highest BCUT2D eigenvalue weighted by Crippen LogP contribution is 2.36. The molecule has 20 heavy (non-hydrogen) atoms. The van der Waals surface area contributed by atoms with Crippen LogP contribution in [0.25, 0.3) is 0 Å². The highest BCUT2D eigenvalue weighted by molar-refractivity contribution is 5.44. The van der Waals surface area contributed by atoms with E-state index in [0.717, 1.165) is 6.07 Å². The lowest BCUT2D eigenvalue weighted by atomic mass is 10.0. The number of methoxy groups -OCH3 is 2. The number of ether oxygens (including phenoxy) is 2. The van der Waals surface area contributed by atoms with E-state index in [1.807, 2.05) is 0 Å². The van der Waals surface area contributed by atoms with Crippen molar-refractivity contribution < 1.29 is 27.0 Å². The SMILES string of the molecule is CCNC(CC(F)(F)F)c1cc(OC)c(OC)cc1F. The highest BCUT2D eigenvalue weighted by Gasteiger charge is 2.33. The number of rotatable bonds is 6. The second-order valence-electron chi connectivity index (χ2n) is 4.16. The van der Waals surface area contributed by atoms with E-state index in [0.29, 0.717) is 0 Å². The van der Waals surface area contributed by atoms with Crippen molar-refractivity contribution in [2.75, 3.05) is 20.8 Å². The van der Waals surface area contributed by atoms with Crippen LogP contribution in [-0.4, -0.2) is 26.9 Å². The van der Waals surface area contributed by atoms with Gasteiger partial charge in [-0.05, 0) is 12.6 Å². The lowest BCUT2D eigenvalue weighted by molar-refractivity contribution is -0.140. The summed E-state index contributed by atoms with van der Waals surface area (Å²) in [7, 11) is 2.67. The zero-order valence-corrected chi connectivity index (χ0v) is 11.5. The van der Waals surface area contributed by atoms with E-state index < -0.39 is 24.5 Å². The largest absolute Gasteiger partial charge is 0.493 e. The molecule has 114 valence electrons. The Morgan fingerprint density at radius 2 is 1.70 bits per heavy atom. The van der Waals surface area contributed by atoms with E-state index in [1.54, 1.807) is 6.92 Å². The first-order valence-electron chi connectivity index (χ1n) is 6.04. The minimum Gasteiger partial charge on any atom is -0.493 e. The van der Waals surface area contributed by atoms with Crippen molar-refractivity contribution in [2.45, 2.75) is 25.6 Å². The monoisotopic (exact) mass is 295 g/mol. The van der Waals surface area contributed by atoms with E-state index in [4.69, 9.17) is 9.47 Å². The number of halogens is 4. The van der Waals surface area contributed by atoms with Crippen molar-refractivity contribution in [3.8, 4) is 11.5 Å². The van der Waals surface area contributed by atoms with E-state index >= 15 is 0 Å². The molecule has 0 saturated heterocycles. The quantitative estimate of drug-likeness (QED) is 0.815. The molecule has 0 aromatic heterocycles. The van der Waals surface area contributed by atoms with Crippen molar-refractivity contribution in [1.82, 2.24) is 5.32 Å². The standard InChI is InChI=1S/C13H17F4NO2/c1-4-18-10(7-13(15,16)17)8-5-11(19-2)12(20-3)6-9(8)14/h5-6,10,18H,4,7H2,1-3H3. The zero-order chi connectivity index (χ0) is 15.3. The van der Waals surface area contributed by atoms with Crippen LogP contribution >= 0.6 is 0 Å². The van der Waals surface area contributed by atoms with Gasteiger partial charge in [0.2, 0.25) is 0 Å². The second kappa shape index (κ2) is 6.78. The molecule has 0 amide bonds. The van der Waals surface area contributed by atoms with Crippen molar-refractivity contribution in [3.05, 3.63) is 23.5 Å². The van der Waals surface area contributed by atoms with Gasteiger partial charge in [-0.2, -0.15) is 13.2 Å². The number of benzene rings is 1. The molecule has 1 aromatic carbocycles. The van der Waals surface area contributed by atoms with E-state index in [9.17, 15) is 17.6 Å². The van der Waals surface area contributed by atoms with Crippen LogP contribution in [0.15, 0.2) is 12.1 Å². The Morgan fingerprint density at radius 3 is 2.15 bits per heavy atom. The molecular formula is C13H17F4NO2. The molecule has 1 N–H and O–H groups in total. The first-order valence-corrected chi connectivity index (χ1v) is 6.04. The summed E-state index contributed by atoms with van der Waals surface area (Å²) in [6.45, 7) is 1.94. The smallest absolute Gasteiger partial charge is 0.390 e. The minimum atomic E-state index is -4.40. The van der Waals surface area contributed by atoms with Gasteiger partial charge in [0.15, 0.2) is 11.5 Å². The lowest BCUT2D eigenvalue weighted by Gasteiger charge is -2.21. The fourth-order valence-electron chi connectivity index (χ4n) is 1.91. The summed E-state index contributed by atoms with van der Waals surface area (Å²) in [4.78, 5) is 0. The fraction of sp³-hybridized carbons (Fsp3) is 0.538. The van der Waals surface area contributed by atoms with E-state index in [-0.39, 0.29) is 23.6 Å². The molecule has 0 fully saturated rings. The van der Waals surface area contributed by atoms with E-state index in [2.05, 4.69) is 5.32 Å². The van der Waals surface area contributed by atoms with Gasteiger partial charge in [-0.3, -0.25) is 0 Å². The molecule has 1 aromatic rings. The van der Waals surface area contributed by atoms with Gasteiger partial charge in [0.1, 0.15) is 5.82 Å². The molecule has 7 heteroatoms. The Hall–Kier alpha value is -1.50. The van der Waals surface area contributed by atoms with Gasteiger partial charge >= 0.3 is 6.18 Å². The topological polar surface area (TPSA) is 30.5 Å². The Morgan fingerprint density at radius 1 is 1.15 bits per heavy atom. The molecule has 1 unspecified atom stereocenters. The summed E-state index contributed by atoms with van der Waals surface area (Å²) in [5, 5.41) is 2.63. The van der Waals surface area contributed by atoms with E-state index in [1.165, 1.54) is 20.3 Å². The number of hydrogen-bond donors (Lipinski definition) is 1. The first-order chi connectivity index (χ1) is 9.32. The second-order valence-corrected chi connectivity index (χ2v) is 4.16. The molecule has 1 atom stereocenters. The minimum absolute atomic E-state index is 0.0955. The normalized spacial score (nSPS) is 13.2. The fourth-order valence-corrected chi connectivity index (χ4v) is 1.91. The maximum Gasteiger partial charge on any atom is 0.390 e. The predicted molar refractivity (Wildman–Crippen MR) is 66.6 cm³/mol. The number of nitrogens with one attached hydrogen (secondary N) is 1. The predicted octanol–water partition coefficient (Wildman–Crippen LogP) is 3.45. The summed E-state index contributed by atoms with van der Waals surface area (Å²) in [6.07, 6.45) is -5.56. The van der Waals surface area contributed by atoms with Crippen molar-refractivity contribution >= 4 is 0 Å². The zero-order valence-electron chi connectivity index (χ0n) is 11.5. The van der Waals surface area contributed by atoms with Crippen LogP contribution in [0.3, 0.4) is 0 Å². The first kappa shape index (κ1) is 16.6. The Balaban J connectivity index is 3.18. The third-order valence-electron chi connectivity index (χ3n) is 2.76. The van der Waals surface area contributed by atoms with Gasteiger partial charge in [0.05, 0.1) is 20.6 Å². The average Bonchev–Trinajstić information content (AvgIpc) is 2.36. The molecule has 0 radical (unpaired) electrons. The summed E-state index contributed by atoms with van der Waals surface area (Å²) in [5.41, 5.74) is -0.0955. The number of hydrogen-bond acceptors (Lipinski definition) is 3. The van der Waals surface area contributed by atoms with Gasteiger partial charge in [0.25, 0.3) is 0 Å². The van der Waals surface area contributed by atoms with Crippen LogP contribution in [0.5, 0.6) is 11.5 Å². The molecule has 1 rings (SSSR count). The van der Waals surface area contributed by atoms with Crippen LogP contribution in [-0.2, 0) is 0 Å². The molecule has 0 bridgehead atoms. The maximum atomic E-state index is 14.0. The summed E-state index contributed by atoms with van der Waals surface area (Å²) < 4.78 is 61.5. The van der Waals surface area contributed by atoms with Gasteiger partial charge in [-0.1, -0.05) is 6.92 Å². The van der Waals surface area contributed by atoms with Gasteiger partial charge in [-0.15, -0.1) is 0 Å². The summed E-state index contributed by atoms with van der Waals surface area (Å²) in [6, 6.07) is 1.09.